The van der Waals surface area contributed by atoms with Crippen LogP contribution in [0.4, 0.5) is 17.1 Å². The van der Waals surface area contributed by atoms with Crippen molar-refractivity contribution in [1.29, 1.82) is 0 Å². The molecule has 1 aromatic rings. The second-order valence-corrected chi connectivity index (χ2v) is 9.06. The highest BCUT2D eigenvalue weighted by molar-refractivity contribution is 7.86. The van der Waals surface area contributed by atoms with Crippen LogP contribution in [-0.2, 0) is 28.6 Å². The van der Waals surface area contributed by atoms with Gasteiger partial charge < -0.3 is 10.6 Å². The summed E-state index contributed by atoms with van der Waals surface area (Å²) in [5.74, 6) is -1.17. The van der Waals surface area contributed by atoms with Gasteiger partial charge in [-0.3, -0.25) is 33.4 Å². The van der Waals surface area contributed by atoms with Crippen LogP contribution in [0, 0.1) is 20.2 Å². The minimum absolute atomic E-state index is 0.269. The molecule has 30 heavy (non-hydrogen) atoms. The molecule has 0 saturated heterocycles. The van der Waals surface area contributed by atoms with Gasteiger partial charge in [-0.2, -0.15) is 16.8 Å². The van der Waals surface area contributed by atoms with E-state index in [1.165, 1.54) is 0 Å². The second kappa shape index (κ2) is 9.74. The van der Waals surface area contributed by atoms with E-state index in [1.54, 1.807) is 0 Å². The summed E-state index contributed by atoms with van der Waals surface area (Å²) in [6, 6.07) is 1.32. The van der Waals surface area contributed by atoms with Crippen molar-refractivity contribution in [2.75, 3.05) is 43.7 Å². The summed E-state index contributed by atoms with van der Waals surface area (Å²) in [6.07, 6.45) is 1.55. The first kappa shape index (κ1) is 25.1. The number of hydrogen-bond acceptors (Lipinski definition) is 12. The van der Waals surface area contributed by atoms with E-state index in [-0.39, 0.29) is 18.8 Å². The van der Waals surface area contributed by atoms with Gasteiger partial charge in [0, 0.05) is 25.2 Å². The number of nitro benzene ring substituents is 2. The highest BCUT2D eigenvalue weighted by Crippen LogP contribution is 2.34. The van der Waals surface area contributed by atoms with E-state index in [0.717, 1.165) is 17.4 Å². The first-order chi connectivity index (χ1) is 13.6. The van der Waals surface area contributed by atoms with Crippen molar-refractivity contribution in [2.45, 2.75) is 0 Å². The molecule has 2 N–H and O–H groups in total. The van der Waals surface area contributed by atoms with E-state index in [1.807, 2.05) is 0 Å². The molecule has 0 aliphatic heterocycles. The molecular formula is C13H18N4O11S2. The molecule has 0 unspecified atom stereocenters. The normalized spacial score (nSPS) is 11.8. The smallest absolute Gasteiger partial charge is 0.348 e. The number of anilines is 1. The number of carbonyl (C=O) groups excluding carboxylic acids is 1. The van der Waals surface area contributed by atoms with Crippen LogP contribution in [0.1, 0.15) is 10.4 Å². The van der Waals surface area contributed by atoms with Crippen LogP contribution in [0.25, 0.3) is 0 Å². The van der Waals surface area contributed by atoms with Gasteiger partial charge in [0.2, 0.25) is 0 Å². The molecule has 1 rings (SSSR count). The summed E-state index contributed by atoms with van der Waals surface area (Å²) in [6.45, 7) is -1.59. The fourth-order valence-corrected chi connectivity index (χ4v) is 3.02. The van der Waals surface area contributed by atoms with Crippen LogP contribution in [0.15, 0.2) is 12.1 Å². The van der Waals surface area contributed by atoms with Crippen molar-refractivity contribution in [2.24, 2.45) is 5.73 Å². The van der Waals surface area contributed by atoms with Crippen LogP contribution in [0.3, 0.4) is 0 Å². The lowest BCUT2D eigenvalue weighted by Crippen LogP contribution is -2.34. The van der Waals surface area contributed by atoms with E-state index < -0.39 is 66.1 Å². The summed E-state index contributed by atoms with van der Waals surface area (Å²) in [5, 5.41) is 22.3. The van der Waals surface area contributed by atoms with Gasteiger partial charge in [-0.1, -0.05) is 0 Å². The predicted octanol–water partition coefficient (Wildman–Crippen LogP) is -0.639. The first-order valence-electron chi connectivity index (χ1n) is 7.82. The number of nitrogens with zero attached hydrogens (tertiary/aromatic N) is 3. The maximum absolute atomic E-state index is 11.8. The standard InChI is InChI=1S/C13H18N4O11S2/c1-29(23,24)27-5-3-15(4-6-28-30(2,25)26)10-8-12(17(21)22)11(16(19)20)7-9(10)13(14)18/h7-8H,3-6H2,1-2H3,(H2,14,18). The zero-order valence-electron chi connectivity index (χ0n) is 15.7. The quantitative estimate of drug-likeness (QED) is 0.229. The molecule has 0 aliphatic rings. The summed E-state index contributed by atoms with van der Waals surface area (Å²) >= 11 is 0. The SMILES string of the molecule is CS(=O)(=O)OCCN(CCOS(C)(=O)=O)c1cc([N+](=O)[O-])c([N+](=O)[O-])cc1C(N)=O. The Labute approximate surface area is 170 Å². The predicted molar refractivity (Wildman–Crippen MR) is 102 cm³/mol. The number of hydrogen-bond donors (Lipinski definition) is 1. The van der Waals surface area contributed by atoms with E-state index in [9.17, 15) is 41.9 Å². The van der Waals surface area contributed by atoms with Gasteiger partial charge in [0.1, 0.15) is 0 Å². The minimum atomic E-state index is -3.85. The largest absolute Gasteiger partial charge is 0.366 e. The number of rotatable bonds is 12. The van der Waals surface area contributed by atoms with Gasteiger partial charge in [-0.25, -0.2) is 0 Å². The molecular weight excluding hydrogens is 452 g/mol. The van der Waals surface area contributed by atoms with E-state index >= 15 is 0 Å². The van der Waals surface area contributed by atoms with Crippen LogP contribution in [-0.4, -0.2) is 71.4 Å². The number of amides is 1. The number of benzene rings is 1. The second-order valence-electron chi connectivity index (χ2n) is 5.78. The van der Waals surface area contributed by atoms with E-state index in [2.05, 4.69) is 8.37 Å². The minimum Gasteiger partial charge on any atom is -0.366 e. The van der Waals surface area contributed by atoms with Crippen LogP contribution >= 0.6 is 0 Å². The van der Waals surface area contributed by atoms with Crippen LogP contribution in [0.5, 0.6) is 0 Å². The molecule has 1 amide bonds. The average Bonchev–Trinajstić information content (AvgIpc) is 2.56. The van der Waals surface area contributed by atoms with Gasteiger partial charge in [0.05, 0.1) is 46.8 Å². The first-order valence-corrected chi connectivity index (χ1v) is 11.5. The van der Waals surface area contributed by atoms with Crippen molar-refractivity contribution >= 4 is 43.2 Å². The molecule has 0 bridgehead atoms. The van der Waals surface area contributed by atoms with Crippen molar-refractivity contribution in [3.8, 4) is 0 Å². The number of primary amides is 1. The third-order valence-corrected chi connectivity index (χ3v) is 4.60. The van der Waals surface area contributed by atoms with Crippen molar-refractivity contribution in [3.63, 3.8) is 0 Å². The lowest BCUT2D eigenvalue weighted by molar-refractivity contribution is -0.422. The van der Waals surface area contributed by atoms with Gasteiger partial charge in [-0.15, -0.1) is 0 Å². The van der Waals surface area contributed by atoms with Crippen molar-refractivity contribution in [3.05, 3.63) is 37.9 Å². The molecule has 0 fully saturated rings. The highest BCUT2D eigenvalue weighted by atomic mass is 32.2. The van der Waals surface area contributed by atoms with Gasteiger partial charge in [0.25, 0.3) is 26.1 Å². The maximum Gasteiger partial charge on any atom is 0.348 e. The van der Waals surface area contributed by atoms with Gasteiger partial charge in [0.15, 0.2) is 0 Å². The topological polar surface area (TPSA) is 219 Å². The van der Waals surface area contributed by atoms with Crippen molar-refractivity contribution in [1.82, 2.24) is 0 Å². The molecule has 1 aromatic carbocycles. The number of carbonyl (C=O) groups is 1. The van der Waals surface area contributed by atoms with Crippen LogP contribution < -0.4 is 10.6 Å². The molecule has 0 aliphatic carbocycles. The lowest BCUT2D eigenvalue weighted by Gasteiger charge is -2.25. The summed E-state index contributed by atoms with van der Waals surface area (Å²) < 4.78 is 53.8. The molecule has 17 heteroatoms. The number of nitro groups is 2. The Balaban J connectivity index is 3.45. The zero-order valence-corrected chi connectivity index (χ0v) is 17.3. The Hall–Kier alpha value is -2.89. The summed E-state index contributed by atoms with van der Waals surface area (Å²) in [5.41, 5.74) is 2.53. The molecule has 0 radical (unpaired) electrons. The molecule has 0 spiro atoms. The molecule has 0 aromatic heterocycles. The fraction of sp³-hybridized carbons (Fsp3) is 0.462. The van der Waals surface area contributed by atoms with Crippen LogP contribution in [0.2, 0.25) is 0 Å². The molecule has 168 valence electrons. The number of nitrogens with two attached hydrogens (primary N) is 1. The Kier molecular flexibility index (Phi) is 8.17. The Morgan fingerprint density at radius 1 is 0.967 bits per heavy atom. The van der Waals surface area contributed by atoms with Crippen molar-refractivity contribution < 1.29 is 39.8 Å². The summed E-state index contributed by atoms with van der Waals surface area (Å²) in [7, 11) is -7.71. The lowest BCUT2D eigenvalue weighted by atomic mass is 10.1. The third kappa shape index (κ3) is 7.85. The zero-order chi connectivity index (χ0) is 23.3. The van der Waals surface area contributed by atoms with Gasteiger partial charge in [-0.05, 0) is 0 Å². The Morgan fingerprint density at radius 2 is 1.37 bits per heavy atom. The maximum atomic E-state index is 11.8. The van der Waals surface area contributed by atoms with Gasteiger partial charge >= 0.3 is 11.4 Å². The Morgan fingerprint density at radius 3 is 1.70 bits per heavy atom. The summed E-state index contributed by atoms with van der Waals surface area (Å²) in [4.78, 5) is 33.1. The van der Waals surface area contributed by atoms with E-state index in [0.29, 0.717) is 12.1 Å². The molecule has 0 atom stereocenters. The monoisotopic (exact) mass is 470 g/mol. The fourth-order valence-electron chi connectivity index (χ4n) is 2.27. The third-order valence-electron chi connectivity index (χ3n) is 3.41. The molecule has 15 nitrogen and oxygen atoms in total. The van der Waals surface area contributed by atoms with E-state index in [4.69, 9.17) is 5.73 Å². The highest BCUT2D eigenvalue weighted by Gasteiger charge is 2.30. The molecule has 0 saturated carbocycles. The average molecular weight is 470 g/mol. The molecule has 0 heterocycles. The Bertz CT molecular complexity index is 1020.